The van der Waals surface area contributed by atoms with Crippen LogP contribution in [0, 0.1) is 31.6 Å². The normalized spacial score (nSPS) is 26.9. The molecule has 3 amide bonds. The van der Waals surface area contributed by atoms with E-state index in [2.05, 4.69) is 20.1 Å². The summed E-state index contributed by atoms with van der Waals surface area (Å²) in [7, 11) is 0. The number of anilines is 2. The van der Waals surface area contributed by atoms with Gasteiger partial charge >= 0.3 is 0 Å². The molecule has 8 nitrogen and oxygen atoms in total. The second kappa shape index (κ2) is 14.1. The molecule has 0 saturated carbocycles. The zero-order valence-electron chi connectivity index (χ0n) is 29.3. The molecule has 1 spiro atoms. The molecule has 9 heteroatoms. The number of benzene rings is 2. The van der Waals surface area contributed by atoms with Gasteiger partial charge in [-0.2, -0.15) is 0 Å². The Bertz CT molecular complexity index is 1540. The average Bonchev–Trinajstić information content (AvgIpc) is 3.64. The Hall–Kier alpha value is -3.56. The largest absolute Gasteiger partial charge is 0.494 e. The fourth-order valence-electron chi connectivity index (χ4n) is 8.50. The Kier molecular flexibility index (Phi) is 10.5. The van der Waals surface area contributed by atoms with Crippen molar-refractivity contribution in [3.63, 3.8) is 0 Å². The van der Waals surface area contributed by atoms with Crippen molar-refractivity contribution < 1.29 is 24.2 Å². The number of fused-ring (bicyclic) bond motifs is 1. The van der Waals surface area contributed by atoms with E-state index in [4.69, 9.17) is 4.74 Å². The lowest BCUT2D eigenvalue weighted by molar-refractivity contribution is -0.143. The second-order valence-corrected chi connectivity index (χ2v) is 15.6. The highest BCUT2D eigenvalue weighted by molar-refractivity contribution is 8.02. The first-order valence-corrected chi connectivity index (χ1v) is 18.0. The van der Waals surface area contributed by atoms with E-state index >= 15 is 9.59 Å². The molecule has 258 valence electrons. The topological polar surface area (TPSA) is 90.4 Å². The Morgan fingerprint density at radius 2 is 1.67 bits per heavy atom. The molecule has 3 saturated heterocycles. The molecule has 2 unspecified atom stereocenters. The highest BCUT2D eigenvalue weighted by Gasteiger charge is 2.78. The van der Waals surface area contributed by atoms with Gasteiger partial charge in [-0.1, -0.05) is 50.6 Å². The number of para-hydroxylation sites is 1. The van der Waals surface area contributed by atoms with Crippen LogP contribution < -0.4 is 14.5 Å². The molecule has 0 radical (unpaired) electrons. The minimum Gasteiger partial charge on any atom is -0.494 e. The molecule has 7 atom stereocenters. The summed E-state index contributed by atoms with van der Waals surface area (Å²) in [6.07, 6.45) is 5.45. The van der Waals surface area contributed by atoms with Crippen molar-refractivity contribution in [2.24, 2.45) is 17.8 Å². The fourth-order valence-corrected chi connectivity index (χ4v) is 10.8. The lowest BCUT2D eigenvalue weighted by atomic mass is 9.66. The summed E-state index contributed by atoms with van der Waals surface area (Å²) in [4.78, 5) is 50.4. The summed E-state index contributed by atoms with van der Waals surface area (Å²) in [5, 5.41) is 10.8. The van der Waals surface area contributed by atoms with Crippen LogP contribution in [0.25, 0.3) is 0 Å². The van der Waals surface area contributed by atoms with Gasteiger partial charge in [0.05, 0.1) is 35.8 Å². The minimum absolute atomic E-state index is 0.0643. The fraction of sp³-hybridized carbons (Fsp3) is 0.513. The van der Waals surface area contributed by atoms with Gasteiger partial charge in [-0.25, -0.2) is 0 Å². The van der Waals surface area contributed by atoms with Gasteiger partial charge < -0.3 is 24.5 Å². The van der Waals surface area contributed by atoms with Gasteiger partial charge in [0, 0.05) is 29.2 Å². The molecule has 48 heavy (non-hydrogen) atoms. The summed E-state index contributed by atoms with van der Waals surface area (Å²) < 4.78 is 4.25. The van der Waals surface area contributed by atoms with Crippen LogP contribution in [-0.2, 0) is 14.4 Å². The van der Waals surface area contributed by atoms with Gasteiger partial charge in [0.2, 0.25) is 11.8 Å². The van der Waals surface area contributed by atoms with Crippen LogP contribution in [0.1, 0.15) is 58.1 Å². The average molecular weight is 674 g/mol. The summed E-state index contributed by atoms with van der Waals surface area (Å²) >= 11 is 1.65. The molecule has 2 aromatic carbocycles. The first-order valence-electron chi connectivity index (χ1n) is 17.2. The Balaban J connectivity index is 1.65. The number of carbonyl (C=O) groups is 3. The maximum Gasteiger partial charge on any atom is 0.251 e. The predicted octanol–water partition coefficient (Wildman–Crippen LogP) is 6.33. The minimum atomic E-state index is -0.858. The van der Waals surface area contributed by atoms with E-state index in [9.17, 15) is 9.90 Å². The molecule has 0 aliphatic carbocycles. The van der Waals surface area contributed by atoms with Crippen molar-refractivity contribution in [3.05, 3.63) is 78.9 Å². The van der Waals surface area contributed by atoms with Crippen molar-refractivity contribution in [2.75, 3.05) is 36.1 Å². The van der Waals surface area contributed by atoms with E-state index in [1.807, 2.05) is 77.1 Å². The number of nitrogens with zero attached hydrogens (tertiary/aromatic N) is 3. The van der Waals surface area contributed by atoms with Crippen molar-refractivity contribution in [3.8, 4) is 5.75 Å². The van der Waals surface area contributed by atoms with E-state index in [-0.39, 0.29) is 43.3 Å². The van der Waals surface area contributed by atoms with Crippen LogP contribution in [0.3, 0.4) is 0 Å². The van der Waals surface area contributed by atoms with Gasteiger partial charge in [-0.05, 0) is 81.8 Å². The Labute approximate surface area is 290 Å². The number of carbonyl (C=O) groups excluding carboxylic acids is 3. The molecular formula is C39H51N3O5S. The van der Waals surface area contributed by atoms with Crippen LogP contribution in [0.4, 0.5) is 11.4 Å². The number of hydrogen-bond donors (Lipinski definition) is 1. The van der Waals surface area contributed by atoms with E-state index in [0.29, 0.717) is 30.9 Å². The van der Waals surface area contributed by atoms with Crippen LogP contribution >= 0.6 is 11.8 Å². The number of aliphatic hydroxyl groups excluding tert-OH is 1. The zero-order chi connectivity index (χ0) is 35.0. The number of rotatable bonds is 14. The quantitative estimate of drug-likeness (QED) is 0.236. The summed E-state index contributed by atoms with van der Waals surface area (Å²) in [6.45, 7) is 20.7. The first kappa shape index (κ1) is 35.7. The number of hydrogen-bond acceptors (Lipinski definition) is 6. The molecule has 2 bridgehead atoms. The molecule has 3 aliphatic rings. The number of aliphatic hydroxyl groups is 1. The van der Waals surface area contributed by atoms with Crippen molar-refractivity contribution in [1.29, 1.82) is 0 Å². The lowest BCUT2D eigenvalue weighted by Gasteiger charge is -2.41. The molecule has 0 aromatic heterocycles. The van der Waals surface area contributed by atoms with Crippen molar-refractivity contribution in [2.45, 2.75) is 82.4 Å². The zero-order valence-corrected chi connectivity index (χ0v) is 30.1. The van der Waals surface area contributed by atoms with Crippen molar-refractivity contribution >= 4 is 40.9 Å². The molecule has 3 fully saturated rings. The molecule has 2 aromatic rings. The Morgan fingerprint density at radius 3 is 2.23 bits per heavy atom. The molecule has 3 heterocycles. The SMILES string of the molecule is C=CCN(C(=O)[C@H]1[C@H]2C(=O)N([C@@H](CO)[C@@H](C)CC)C(C(=O)N(CC=C)c3c(C)cccc3C)C23CC[C@]1(C)S3)c1ccc(OCC)cc1. The van der Waals surface area contributed by atoms with Crippen molar-refractivity contribution in [1.82, 2.24) is 4.90 Å². The van der Waals surface area contributed by atoms with Crippen LogP contribution in [0.5, 0.6) is 5.75 Å². The van der Waals surface area contributed by atoms with Crippen LogP contribution in [-0.4, -0.2) is 75.6 Å². The van der Waals surface area contributed by atoms with Gasteiger partial charge in [0.25, 0.3) is 5.91 Å². The van der Waals surface area contributed by atoms with E-state index < -0.39 is 33.4 Å². The third-order valence-corrected chi connectivity index (χ3v) is 12.9. The lowest BCUT2D eigenvalue weighted by Crippen LogP contribution is -2.59. The summed E-state index contributed by atoms with van der Waals surface area (Å²) in [6, 6.07) is 11.9. The van der Waals surface area contributed by atoms with Gasteiger partial charge in [0.15, 0.2) is 0 Å². The third kappa shape index (κ3) is 5.76. The standard InChI is InChI=1S/C39H51N3O5S/c1-9-22-40(28-16-18-29(19-17-28)47-12-4)35(44)31-32-36(45)42(30(24-43)25(5)11-3)34(39(32)21-20-38(31,8)48-39)37(46)41(23-10-2)33-26(6)14-13-15-27(33)7/h9-10,13-19,25,30-32,34,43H,1-2,11-12,20-24H2,3-8H3/t25-,30-,31+,32-,34?,38-,39?/m0/s1. The van der Waals surface area contributed by atoms with E-state index in [0.717, 1.165) is 23.2 Å². The molecular weight excluding hydrogens is 623 g/mol. The maximum absolute atomic E-state index is 15.2. The first-order chi connectivity index (χ1) is 22.9. The highest BCUT2D eigenvalue weighted by Crippen LogP contribution is 2.72. The third-order valence-electron chi connectivity index (χ3n) is 10.9. The molecule has 3 aliphatic heterocycles. The number of thioether (sulfide) groups is 1. The molecule has 1 N–H and O–H groups in total. The number of likely N-dealkylation sites (tertiary alicyclic amines) is 1. The Morgan fingerprint density at radius 1 is 1.04 bits per heavy atom. The summed E-state index contributed by atoms with van der Waals surface area (Å²) in [5.41, 5.74) is 3.41. The number of amides is 3. The number of ether oxygens (including phenoxy) is 1. The van der Waals surface area contributed by atoms with Crippen LogP contribution in [0.2, 0.25) is 0 Å². The summed E-state index contributed by atoms with van der Waals surface area (Å²) in [5.74, 6) is -1.30. The smallest absolute Gasteiger partial charge is 0.251 e. The predicted molar refractivity (Wildman–Crippen MR) is 195 cm³/mol. The molecule has 5 rings (SSSR count). The van der Waals surface area contributed by atoms with Gasteiger partial charge in [-0.3, -0.25) is 14.4 Å². The monoisotopic (exact) mass is 673 g/mol. The highest BCUT2D eigenvalue weighted by atomic mass is 32.2. The van der Waals surface area contributed by atoms with E-state index in [1.165, 1.54) is 0 Å². The number of aryl methyl sites for hydroxylation is 2. The second-order valence-electron chi connectivity index (χ2n) is 13.8. The van der Waals surface area contributed by atoms with Gasteiger partial charge in [-0.15, -0.1) is 24.9 Å². The van der Waals surface area contributed by atoms with Gasteiger partial charge in [0.1, 0.15) is 11.8 Å². The van der Waals surface area contributed by atoms with Crippen LogP contribution in [0.15, 0.2) is 67.8 Å². The maximum atomic E-state index is 15.2. The van der Waals surface area contributed by atoms with E-state index in [1.54, 1.807) is 38.6 Å².